The number of ether oxygens (including phenoxy) is 1. The van der Waals surface area contributed by atoms with Gasteiger partial charge in [0.25, 0.3) is 5.91 Å². The second-order valence-corrected chi connectivity index (χ2v) is 4.10. The third kappa shape index (κ3) is 2.74. The Hall–Kier alpha value is -2.34. The van der Waals surface area contributed by atoms with Crippen LogP contribution in [-0.2, 0) is 0 Å². The summed E-state index contributed by atoms with van der Waals surface area (Å²) < 4.78 is 5.50. The Bertz CT molecular complexity index is 646. The Morgan fingerprint density at radius 1 is 1.32 bits per heavy atom. The van der Waals surface area contributed by atoms with Crippen LogP contribution < -0.4 is 16.2 Å². The smallest absolute Gasteiger partial charge is 0.252 e. The van der Waals surface area contributed by atoms with E-state index in [0.29, 0.717) is 5.69 Å². The average Bonchev–Trinajstić information content (AvgIpc) is 2.35. The maximum absolute atomic E-state index is 11.3. The Balaban J connectivity index is 2.45. The lowest BCUT2D eigenvalue weighted by molar-refractivity contribution is 0.0998. The highest BCUT2D eigenvalue weighted by Crippen LogP contribution is 2.29. The molecule has 2 rings (SSSR count). The van der Waals surface area contributed by atoms with Crippen LogP contribution in [0.5, 0.6) is 11.6 Å². The molecule has 0 saturated carbocycles. The molecule has 4 N–H and O–H groups in total. The SMILES string of the molecule is Cc1nc(Cl)nc(Oc2ccccc2C(N)=O)c1N. The fraction of sp³-hybridized carbons (Fsp3) is 0.0833. The van der Waals surface area contributed by atoms with Crippen molar-refractivity contribution in [1.82, 2.24) is 9.97 Å². The largest absolute Gasteiger partial charge is 0.436 e. The van der Waals surface area contributed by atoms with Gasteiger partial charge in [0.1, 0.15) is 11.4 Å². The number of rotatable bonds is 3. The molecule has 0 unspecified atom stereocenters. The molecule has 1 aromatic carbocycles. The zero-order valence-electron chi connectivity index (χ0n) is 10.1. The predicted molar refractivity (Wildman–Crippen MR) is 71.2 cm³/mol. The molecule has 19 heavy (non-hydrogen) atoms. The molecule has 7 heteroatoms. The summed E-state index contributed by atoms with van der Waals surface area (Å²) in [5.41, 5.74) is 12.0. The van der Waals surface area contributed by atoms with E-state index >= 15 is 0 Å². The van der Waals surface area contributed by atoms with Crippen LogP contribution in [0.1, 0.15) is 16.1 Å². The number of carbonyl (C=O) groups excluding carboxylic acids is 1. The van der Waals surface area contributed by atoms with Gasteiger partial charge in [0.15, 0.2) is 0 Å². The first-order chi connectivity index (χ1) is 8.99. The van der Waals surface area contributed by atoms with Crippen molar-refractivity contribution in [2.75, 3.05) is 5.73 Å². The lowest BCUT2D eigenvalue weighted by Gasteiger charge is -2.11. The van der Waals surface area contributed by atoms with Gasteiger partial charge in [-0.2, -0.15) is 4.98 Å². The van der Waals surface area contributed by atoms with Gasteiger partial charge in [-0.25, -0.2) is 4.98 Å². The number of halogens is 1. The molecular weight excluding hydrogens is 268 g/mol. The van der Waals surface area contributed by atoms with Crippen LogP contribution in [-0.4, -0.2) is 15.9 Å². The zero-order chi connectivity index (χ0) is 14.0. The number of anilines is 1. The molecule has 0 fully saturated rings. The summed E-state index contributed by atoms with van der Waals surface area (Å²) in [5.74, 6) is -0.256. The highest BCUT2D eigenvalue weighted by molar-refractivity contribution is 6.28. The van der Waals surface area contributed by atoms with Gasteiger partial charge in [0.2, 0.25) is 11.2 Å². The lowest BCUT2D eigenvalue weighted by Crippen LogP contribution is -2.12. The Kier molecular flexibility index (Phi) is 3.52. The van der Waals surface area contributed by atoms with Crippen LogP contribution in [0.3, 0.4) is 0 Å². The Labute approximate surface area is 114 Å². The molecule has 0 spiro atoms. The van der Waals surface area contributed by atoms with Crippen molar-refractivity contribution in [1.29, 1.82) is 0 Å². The maximum Gasteiger partial charge on any atom is 0.252 e. The average molecular weight is 279 g/mol. The summed E-state index contributed by atoms with van der Waals surface area (Å²) in [5, 5.41) is 0.0123. The molecule has 6 nitrogen and oxygen atoms in total. The van der Waals surface area contributed by atoms with E-state index < -0.39 is 5.91 Å². The third-order valence-electron chi connectivity index (χ3n) is 2.43. The number of nitrogens with two attached hydrogens (primary N) is 2. The van der Waals surface area contributed by atoms with E-state index in [1.165, 1.54) is 0 Å². The number of nitrogens with zero attached hydrogens (tertiary/aromatic N) is 2. The minimum absolute atomic E-state index is 0.0123. The fourth-order valence-electron chi connectivity index (χ4n) is 1.46. The zero-order valence-corrected chi connectivity index (χ0v) is 10.8. The summed E-state index contributed by atoms with van der Waals surface area (Å²) in [7, 11) is 0. The number of para-hydroxylation sites is 1. The molecule has 0 aliphatic heterocycles. The van der Waals surface area contributed by atoms with Gasteiger partial charge < -0.3 is 16.2 Å². The Morgan fingerprint density at radius 2 is 2.00 bits per heavy atom. The van der Waals surface area contributed by atoms with Crippen molar-refractivity contribution < 1.29 is 9.53 Å². The summed E-state index contributed by atoms with van der Waals surface area (Å²) in [4.78, 5) is 19.1. The van der Waals surface area contributed by atoms with Crippen LogP contribution in [0.15, 0.2) is 24.3 Å². The monoisotopic (exact) mass is 278 g/mol. The summed E-state index contributed by atoms with van der Waals surface area (Å²) in [6, 6.07) is 6.51. The van der Waals surface area contributed by atoms with Crippen LogP contribution in [0, 0.1) is 6.92 Å². The number of aryl methyl sites for hydroxylation is 1. The number of primary amides is 1. The number of benzene rings is 1. The van der Waals surface area contributed by atoms with E-state index in [1.807, 2.05) is 0 Å². The second-order valence-electron chi connectivity index (χ2n) is 3.76. The lowest BCUT2D eigenvalue weighted by atomic mass is 10.2. The van der Waals surface area contributed by atoms with Crippen molar-refractivity contribution in [3.05, 3.63) is 40.8 Å². The molecule has 98 valence electrons. The van der Waals surface area contributed by atoms with Crippen LogP contribution in [0.4, 0.5) is 5.69 Å². The quantitative estimate of drug-likeness (QED) is 0.835. The third-order valence-corrected chi connectivity index (χ3v) is 2.60. The summed E-state index contributed by atoms with van der Waals surface area (Å²) in [6.45, 7) is 1.68. The Morgan fingerprint density at radius 3 is 2.68 bits per heavy atom. The first kappa shape index (κ1) is 13.1. The van der Waals surface area contributed by atoms with E-state index in [-0.39, 0.29) is 28.2 Å². The molecule has 0 aliphatic carbocycles. The van der Waals surface area contributed by atoms with E-state index in [9.17, 15) is 4.79 Å². The minimum atomic E-state index is -0.606. The van der Waals surface area contributed by atoms with Crippen molar-refractivity contribution >= 4 is 23.2 Å². The molecule has 1 heterocycles. The second kappa shape index (κ2) is 5.11. The molecule has 2 aromatic rings. The molecule has 0 atom stereocenters. The number of hydrogen-bond donors (Lipinski definition) is 2. The number of aromatic nitrogens is 2. The van der Waals surface area contributed by atoms with Gasteiger partial charge in [-0.15, -0.1) is 0 Å². The molecule has 1 amide bonds. The molecular formula is C12H11ClN4O2. The van der Waals surface area contributed by atoms with Crippen LogP contribution >= 0.6 is 11.6 Å². The van der Waals surface area contributed by atoms with E-state index in [1.54, 1.807) is 31.2 Å². The fourth-order valence-corrected chi connectivity index (χ4v) is 1.67. The predicted octanol–water partition coefficient (Wildman–Crippen LogP) is 1.91. The summed E-state index contributed by atoms with van der Waals surface area (Å²) in [6.07, 6.45) is 0. The topological polar surface area (TPSA) is 104 Å². The van der Waals surface area contributed by atoms with Crippen molar-refractivity contribution in [3.8, 4) is 11.6 Å². The normalized spacial score (nSPS) is 10.2. The molecule has 0 radical (unpaired) electrons. The molecule has 0 saturated heterocycles. The van der Waals surface area contributed by atoms with Crippen LogP contribution in [0.25, 0.3) is 0 Å². The van der Waals surface area contributed by atoms with Gasteiger partial charge in [-0.05, 0) is 30.7 Å². The maximum atomic E-state index is 11.3. The first-order valence-corrected chi connectivity index (χ1v) is 5.73. The van der Waals surface area contributed by atoms with Crippen LogP contribution in [0.2, 0.25) is 5.28 Å². The van der Waals surface area contributed by atoms with Gasteiger partial charge in [0, 0.05) is 0 Å². The molecule has 0 aliphatic rings. The molecule has 1 aromatic heterocycles. The van der Waals surface area contributed by atoms with Gasteiger partial charge in [-0.3, -0.25) is 4.79 Å². The number of nitrogen functional groups attached to an aromatic ring is 1. The first-order valence-electron chi connectivity index (χ1n) is 5.35. The highest BCUT2D eigenvalue weighted by Gasteiger charge is 2.14. The standard InChI is InChI=1S/C12H11ClN4O2/c1-6-9(14)11(17-12(13)16-6)19-8-5-3-2-4-7(8)10(15)18/h2-5H,14H2,1H3,(H2,15,18). The van der Waals surface area contributed by atoms with E-state index in [4.69, 9.17) is 27.8 Å². The van der Waals surface area contributed by atoms with E-state index in [0.717, 1.165) is 0 Å². The highest BCUT2D eigenvalue weighted by atomic mass is 35.5. The number of carbonyl (C=O) groups is 1. The number of amides is 1. The molecule has 0 bridgehead atoms. The van der Waals surface area contributed by atoms with Crippen molar-refractivity contribution in [3.63, 3.8) is 0 Å². The van der Waals surface area contributed by atoms with Gasteiger partial charge in [-0.1, -0.05) is 12.1 Å². The van der Waals surface area contributed by atoms with Gasteiger partial charge >= 0.3 is 0 Å². The summed E-state index contributed by atoms with van der Waals surface area (Å²) >= 11 is 5.74. The minimum Gasteiger partial charge on any atom is -0.436 e. The van der Waals surface area contributed by atoms with E-state index in [2.05, 4.69) is 9.97 Å². The van der Waals surface area contributed by atoms with Gasteiger partial charge in [0.05, 0.1) is 11.3 Å². The van der Waals surface area contributed by atoms with Crippen molar-refractivity contribution in [2.24, 2.45) is 5.73 Å². The van der Waals surface area contributed by atoms with Crippen molar-refractivity contribution in [2.45, 2.75) is 6.92 Å². The number of hydrogen-bond acceptors (Lipinski definition) is 5.